The molecule has 1 aliphatic rings. The Morgan fingerprint density at radius 1 is 1.33 bits per heavy atom. The molecule has 0 radical (unpaired) electrons. The molecule has 0 amide bonds. The van der Waals surface area contributed by atoms with E-state index >= 15 is 0 Å². The average molecular weight is 260 g/mol. The Hall–Kier alpha value is -1.35. The maximum atomic E-state index is 4.18. The van der Waals surface area contributed by atoms with Gasteiger partial charge in [-0.15, -0.1) is 0 Å². The Kier molecular flexibility index (Phi) is 4.02. The predicted molar refractivity (Wildman–Crippen MR) is 81.3 cm³/mol. The third-order valence-corrected chi connectivity index (χ3v) is 4.26. The van der Waals surface area contributed by atoms with E-state index in [1.54, 1.807) is 0 Å². The summed E-state index contributed by atoms with van der Waals surface area (Å²) in [4.78, 5) is 1.29. The van der Waals surface area contributed by atoms with Crippen LogP contribution in [-0.4, -0.2) is 5.50 Å². The van der Waals surface area contributed by atoms with Crippen LogP contribution in [0.2, 0.25) is 0 Å². The van der Waals surface area contributed by atoms with Crippen molar-refractivity contribution >= 4 is 17.4 Å². The number of rotatable bonds is 4. The summed E-state index contributed by atoms with van der Waals surface area (Å²) in [6, 6.07) is 10.3. The van der Waals surface area contributed by atoms with Crippen molar-refractivity contribution in [3.63, 3.8) is 0 Å². The van der Waals surface area contributed by atoms with E-state index in [0.717, 1.165) is 5.69 Å². The van der Waals surface area contributed by atoms with Crippen molar-refractivity contribution in [3.8, 4) is 0 Å². The van der Waals surface area contributed by atoms with Crippen LogP contribution in [0, 0.1) is 5.92 Å². The van der Waals surface area contributed by atoms with Gasteiger partial charge in [-0.05, 0) is 30.5 Å². The zero-order chi connectivity index (χ0) is 13.1. The molecule has 0 aromatic heterocycles. The predicted octanol–water partition coefficient (Wildman–Crippen LogP) is 4.16. The van der Waals surface area contributed by atoms with Crippen molar-refractivity contribution in [2.24, 2.45) is 5.92 Å². The van der Waals surface area contributed by atoms with Gasteiger partial charge in [-0.25, -0.2) is 0 Å². The van der Waals surface area contributed by atoms with Gasteiger partial charge in [0.15, 0.2) is 0 Å². The van der Waals surface area contributed by atoms with Gasteiger partial charge in [-0.3, -0.25) is 0 Å². The Bertz CT molecular complexity index is 463. The Morgan fingerprint density at radius 3 is 2.61 bits per heavy atom. The second kappa shape index (κ2) is 5.53. The molecule has 0 saturated carbocycles. The lowest BCUT2D eigenvalue weighted by Crippen LogP contribution is -2.27. The van der Waals surface area contributed by atoms with Crippen molar-refractivity contribution in [3.05, 3.63) is 53.1 Å². The Balaban J connectivity index is 2.00. The van der Waals surface area contributed by atoms with Crippen LogP contribution < -0.4 is 10.6 Å². The summed E-state index contributed by atoms with van der Waals surface area (Å²) < 4.78 is 0. The fourth-order valence-electron chi connectivity index (χ4n) is 1.83. The van der Waals surface area contributed by atoms with E-state index < -0.39 is 0 Å². The third kappa shape index (κ3) is 2.91. The van der Waals surface area contributed by atoms with Gasteiger partial charge in [0.2, 0.25) is 0 Å². The summed E-state index contributed by atoms with van der Waals surface area (Å²) in [6.45, 7) is 10.7. The lowest BCUT2D eigenvalue weighted by Gasteiger charge is -2.15. The van der Waals surface area contributed by atoms with Crippen LogP contribution in [0.15, 0.2) is 53.1 Å². The van der Waals surface area contributed by atoms with E-state index in [1.165, 1.54) is 16.2 Å². The van der Waals surface area contributed by atoms with Crippen LogP contribution in [0.1, 0.15) is 20.8 Å². The normalized spacial score (nSPS) is 19.0. The smallest absolute Gasteiger partial charge is 0.150 e. The molecule has 3 heteroatoms. The highest BCUT2D eigenvalue weighted by atomic mass is 32.2. The number of hydrogen-bond donors (Lipinski definition) is 2. The van der Waals surface area contributed by atoms with Gasteiger partial charge in [-0.2, -0.15) is 0 Å². The molecule has 1 atom stereocenters. The molecule has 0 bridgehead atoms. The van der Waals surface area contributed by atoms with Crippen LogP contribution >= 0.6 is 11.8 Å². The van der Waals surface area contributed by atoms with Crippen LogP contribution in [0.5, 0.6) is 0 Å². The second-order valence-corrected chi connectivity index (χ2v) is 5.90. The van der Waals surface area contributed by atoms with Gasteiger partial charge < -0.3 is 10.6 Å². The van der Waals surface area contributed by atoms with Crippen LogP contribution in [0.4, 0.5) is 5.69 Å². The first-order valence-corrected chi connectivity index (χ1v) is 7.10. The first-order valence-electron chi connectivity index (χ1n) is 6.22. The summed E-state index contributed by atoms with van der Waals surface area (Å²) in [5.74, 6) is 0.486. The Morgan fingerprint density at radius 2 is 2.00 bits per heavy atom. The molecular formula is C15H20N2S. The fraction of sp³-hybridized carbons (Fsp3) is 0.333. The zero-order valence-corrected chi connectivity index (χ0v) is 12.0. The van der Waals surface area contributed by atoms with Gasteiger partial charge in [-0.1, -0.05) is 50.4 Å². The zero-order valence-electron chi connectivity index (χ0n) is 11.2. The standard InChI is InChI=1S/C15H20N2S/c1-10(2)11(3)14-12(4)16-15(18-14)17-13-8-6-5-7-9-13/h5-10,15-17H,3H2,1-2,4H3. The summed E-state index contributed by atoms with van der Waals surface area (Å²) in [5, 5.41) is 6.92. The summed E-state index contributed by atoms with van der Waals surface area (Å²) in [5.41, 5.74) is 3.75. The van der Waals surface area contributed by atoms with Crippen molar-refractivity contribution < 1.29 is 0 Å². The maximum absolute atomic E-state index is 4.18. The van der Waals surface area contributed by atoms with E-state index in [0.29, 0.717) is 5.92 Å². The maximum Gasteiger partial charge on any atom is 0.150 e. The molecular weight excluding hydrogens is 240 g/mol. The minimum absolute atomic E-state index is 0.192. The largest absolute Gasteiger partial charge is 0.359 e. The lowest BCUT2D eigenvalue weighted by molar-refractivity contribution is 0.783. The lowest BCUT2D eigenvalue weighted by atomic mass is 10.0. The topological polar surface area (TPSA) is 24.1 Å². The van der Waals surface area contributed by atoms with Gasteiger partial charge in [0.1, 0.15) is 5.50 Å². The minimum Gasteiger partial charge on any atom is -0.359 e. The third-order valence-electron chi connectivity index (χ3n) is 2.98. The number of allylic oxidation sites excluding steroid dienone is 2. The molecule has 0 spiro atoms. The summed E-state index contributed by atoms with van der Waals surface area (Å²) in [6.07, 6.45) is 0. The highest BCUT2D eigenvalue weighted by Crippen LogP contribution is 2.37. The number of thioether (sulfide) groups is 1. The highest BCUT2D eigenvalue weighted by Gasteiger charge is 2.24. The molecule has 18 heavy (non-hydrogen) atoms. The van der Waals surface area contributed by atoms with E-state index in [4.69, 9.17) is 0 Å². The molecule has 0 saturated heterocycles. The molecule has 1 heterocycles. The summed E-state index contributed by atoms with van der Waals surface area (Å²) in [7, 11) is 0. The van der Waals surface area contributed by atoms with E-state index in [-0.39, 0.29) is 5.50 Å². The van der Waals surface area contributed by atoms with E-state index in [1.807, 2.05) is 30.0 Å². The molecule has 1 aromatic rings. The molecule has 2 N–H and O–H groups in total. The van der Waals surface area contributed by atoms with Crippen molar-refractivity contribution in [1.29, 1.82) is 0 Å². The molecule has 1 aliphatic heterocycles. The average Bonchev–Trinajstić information content (AvgIpc) is 2.70. The van der Waals surface area contributed by atoms with Crippen molar-refractivity contribution in [2.45, 2.75) is 26.3 Å². The molecule has 0 fully saturated rings. The molecule has 96 valence electrons. The van der Waals surface area contributed by atoms with Crippen molar-refractivity contribution in [2.75, 3.05) is 5.32 Å². The molecule has 2 nitrogen and oxygen atoms in total. The fourth-order valence-corrected chi connectivity index (χ4v) is 3.12. The van der Waals surface area contributed by atoms with Gasteiger partial charge in [0.05, 0.1) is 0 Å². The number of nitrogens with one attached hydrogen (secondary N) is 2. The second-order valence-electron chi connectivity index (χ2n) is 4.79. The minimum atomic E-state index is 0.192. The van der Waals surface area contributed by atoms with Crippen LogP contribution in [-0.2, 0) is 0 Å². The summed E-state index contributed by atoms with van der Waals surface area (Å²) >= 11 is 1.81. The Labute approximate surface area is 114 Å². The first-order chi connectivity index (χ1) is 8.58. The number of anilines is 1. The molecule has 0 aliphatic carbocycles. The number of para-hydroxylation sites is 1. The van der Waals surface area contributed by atoms with E-state index in [2.05, 4.69) is 50.1 Å². The quantitative estimate of drug-likeness (QED) is 0.850. The monoisotopic (exact) mass is 260 g/mol. The van der Waals surface area contributed by atoms with Gasteiger partial charge >= 0.3 is 0 Å². The number of benzene rings is 1. The first kappa shape index (κ1) is 13.1. The highest BCUT2D eigenvalue weighted by molar-refractivity contribution is 8.04. The molecule has 2 rings (SSSR count). The van der Waals surface area contributed by atoms with Crippen molar-refractivity contribution in [1.82, 2.24) is 5.32 Å². The SMILES string of the molecule is C=C(C1=C(C)NC(Nc2ccccc2)S1)C(C)C. The number of hydrogen-bond acceptors (Lipinski definition) is 3. The van der Waals surface area contributed by atoms with Crippen LogP contribution in [0.25, 0.3) is 0 Å². The molecule has 1 unspecified atom stereocenters. The van der Waals surface area contributed by atoms with Gasteiger partial charge in [0, 0.05) is 16.3 Å². The van der Waals surface area contributed by atoms with Crippen LogP contribution in [0.3, 0.4) is 0 Å². The molecule has 1 aromatic carbocycles. The van der Waals surface area contributed by atoms with Gasteiger partial charge in [0.25, 0.3) is 0 Å². The van der Waals surface area contributed by atoms with E-state index in [9.17, 15) is 0 Å².